The fourth-order valence-corrected chi connectivity index (χ4v) is 5.03. The number of carboxylic acid groups (broad SMARTS) is 1. The van der Waals surface area contributed by atoms with E-state index in [4.69, 9.17) is 11.1 Å². The summed E-state index contributed by atoms with van der Waals surface area (Å²) in [7, 11) is -3.93. The highest BCUT2D eigenvalue weighted by Gasteiger charge is 2.33. The van der Waals surface area contributed by atoms with Gasteiger partial charge in [-0.05, 0) is 36.5 Å². The molecule has 6 nitrogen and oxygen atoms in total. The van der Waals surface area contributed by atoms with Crippen molar-refractivity contribution in [3.63, 3.8) is 0 Å². The minimum Gasteiger partial charge on any atom is -0.481 e. The summed E-state index contributed by atoms with van der Waals surface area (Å²) in [6.07, 6.45) is 5.41. The van der Waals surface area contributed by atoms with Crippen LogP contribution >= 0.6 is 7.37 Å². The first kappa shape index (κ1) is 19.7. The van der Waals surface area contributed by atoms with Crippen LogP contribution in [0.4, 0.5) is 5.69 Å². The van der Waals surface area contributed by atoms with Gasteiger partial charge in [-0.15, -0.1) is 0 Å². The molecule has 2 atom stereocenters. The van der Waals surface area contributed by atoms with Crippen molar-refractivity contribution >= 4 is 24.5 Å². The van der Waals surface area contributed by atoms with Crippen molar-refractivity contribution in [2.45, 2.75) is 44.9 Å². The number of hydrogen-bond acceptors (Lipinski definition) is 4. The molecule has 0 amide bonds. The number of carbonyl (C=O) groups is 1. The van der Waals surface area contributed by atoms with E-state index in [0.29, 0.717) is 12.1 Å². The van der Waals surface area contributed by atoms with Gasteiger partial charge in [-0.2, -0.15) is 0 Å². The molecule has 1 aliphatic rings. The van der Waals surface area contributed by atoms with Gasteiger partial charge < -0.3 is 15.7 Å². The smallest absolute Gasteiger partial charge is 0.307 e. The maximum atomic E-state index is 12.6. The molecule has 1 aromatic rings. The van der Waals surface area contributed by atoms with E-state index in [1.54, 1.807) is 24.3 Å². The zero-order valence-electron chi connectivity index (χ0n) is 14.4. The van der Waals surface area contributed by atoms with Crippen LogP contribution in [0.25, 0.3) is 0 Å². The second kappa shape index (κ2) is 8.63. The number of nitrogen functional groups attached to an aromatic ring is 1. The first-order valence-electron chi connectivity index (χ1n) is 8.75. The standard InChI is InChI=1S/C18H27N2O4P/c19-16-8-6-14(7-9-16)10-15(18(21)22)12-25(23,24)17(20)11-13-4-2-1-3-5-13/h6-9,13,15,20H,1-5,10-12,19H2,(H,21,22)(H,23,24). The largest absolute Gasteiger partial charge is 0.481 e. The lowest BCUT2D eigenvalue weighted by atomic mass is 9.87. The topological polar surface area (TPSA) is 124 Å². The molecule has 25 heavy (non-hydrogen) atoms. The van der Waals surface area contributed by atoms with Crippen LogP contribution in [0.15, 0.2) is 24.3 Å². The molecule has 7 heteroatoms. The Labute approximate surface area is 148 Å². The van der Waals surface area contributed by atoms with Crippen LogP contribution in [0.3, 0.4) is 0 Å². The predicted molar refractivity (Wildman–Crippen MR) is 99.3 cm³/mol. The van der Waals surface area contributed by atoms with E-state index in [2.05, 4.69) is 0 Å². The molecule has 0 aliphatic heterocycles. The van der Waals surface area contributed by atoms with Crippen molar-refractivity contribution < 1.29 is 19.4 Å². The zero-order chi connectivity index (χ0) is 18.4. The van der Waals surface area contributed by atoms with Gasteiger partial charge in [-0.25, -0.2) is 0 Å². The first-order valence-corrected chi connectivity index (χ1v) is 10.6. The van der Waals surface area contributed by atoms with E-state index in [9.17, 15) is 19.4 Å². The average molecular weight is 366 g/mol. The molecular formula is C18H27N2O4P. The lowest BCUT2D eigenvalue weighted by Crippen LogP contribution is -2.23. The van der Waals surface area contributed by atoms with Gasteiger partial charge in [0.05, 0.1) is 11.4 Å². The van der Waals surface area contributed by atoms with Crippen molar-refractivity contribution in [3.8, 4) is 0 Å². The van der Waals surface area contributed by atoms with Gasteiger partial charge in [0.15, 0.2) is 0 Å². The second-order valence-corrected chi connectivity index (χ2v) is 9.33. The van der Waals surface area contributed by atoms with E-state index in [1.165, 1.54) is 6.42 Å². The number of anilines is 1. The summed E-state index contributed by atoms with van der Waals surface area (Å²) in [5, 5.41) is 17.5. The highest BCUT2D eigenvalue weighted by Crippen LogP contribution is 2.47. The molecule has 0 heterocycles. The SMILES string of the molecule is N=C(CC1CCCCC1)P(=O)(O)CC(Cc1ccc(N)cc1)C(=O)O. The number of nitrogens with two attached hydrogens (primary N) is 1. The fraction of sp³-hybridized carbons (Fsp3) is 0.556. The van der Waals surface area contributed by atoms with Gasteiger partial charge in [0, 0.05) is 11.8 Å². The second-order valence-electron chi connectivity index (χ2n) is 7.02. The minimum absolute atomic E-state index is 0.150. The molecule has 0 radical (unpaired) electrons. The van der Waals surface area contributed by atoms with Gasteiger partial charge in [0.2, 0.25) is 7.37 Å². The number of hydrogen-bond donors (Lipinski definition) is 4. The molecule has 2 rings (SSSR count). The Morgan fingerprint density at radius 3 is 2.40 bits per heavy atom. The molecule has 0 saturated heterocycles. The Morgan fingerprint density at radius 2 is 1.84 bits per heavy atom. The molecule has 1 fully saturated rings. The monoisotopic (exact) mass is 366 g/mol. The van der Waals surface area contributed by atoms with Gasteiger partial charge >= 0.3 is 5.97 Å². The third kappa shape index (κ3) is 5.98. The summed E-state index contributed by atoms with van der Waals surface area (Å²) < 4.78 is 12.6. The maximum absolute atomic E-state index is 12.6. The van der Waals surface area contributed by atoms with Gasteiger partial charge in [0.1, 0.15) is 0 Å². The summed E-state index contributed by atoms with van der Waals surface area (Å²) in [6, 6.07) is 6.80. The van der Waals surface area contributed by atoms with Crippen LogP contribution in [0, 0.1) is 17.2 Å². The molecule has 0 spiro atoms. The van der Waals surface area contributed by atoms with Crippen molar-refractivity contribution in [2.75, 3.05) is 11.9 Å². The van der Waals surface area contributed by atoms with Crippen LogP contribution in [0.5, 0.6) is 0 Å². The molecule has 0 bridgehead atoms. The third-order valence-electron chi connectivity index (χ3n) is 4.91. The quantitative estimate of drug-likeness (QED) is 0.317. The summed E-state index contributed by atoms with van der Waals surface area (Å²) in [5.74, 6) is -1.83. The molecule has 2 unspecified atom stereocenters. The summed E-state index contributed by atoms with van der Waals surface area (Å²) in [6.45, 7) is 0. The molecular weight excluding hydrogens is 339 g/mol. The molecule has 138 valence electrons. The molecule has 0 aromatic heterocycles. The van der Waals surface area contributed by atoms with Crippen molar-refractivity contribution in [3.05, 3.63) is 29.8 Å². The first-order chi connectivity index (χ1) is 11.8. The Bertz CT molecular complexity index is 654. The fourth-order valence-electron chi connectivity index (χ4n) is 3.38. The predicted octanol–water partition coefficient (Wildman–Crippen LogP) is 3.73. The Kier molecular flexibility index (Phi) is 6.79. The van der Waals surface area contributed by atoms with Crippen LogP contribution in [-0.2, 0) is 15.8 Å². The van der Waals surface area contributed by atoms with E-state index < -0.39 is 25.4 Å². The molecule has 5 N–H and O–H groups in total. The summed E-state index contributed by atoms with van der Waals surface area (Å²) >= 11 is 0. The summed E-state index contributed by atoms with van der Waals surface area (Å²) in [5.41, 5.74) is 6.77. The van der Waals surface area contributed by atoms with Crippen molar-refractivity contribution in [1.29, 1.82) is 5.41 Å². The Hall–Kier alpha value is -1.65. The lowest BCUT2D eigenvalue weighted by Gasteiger charge is -2.24. The average Bonchev–Trinajstić information content (AvgIpc) is 2.57. The van der Waals surface area contributed by atoms with E-state index in [-0.39, 0.29) is 17.8 Å². The van der Waals surface area contributed by atoms with Gasteiger partial charge in [-0.3, -0.25) is 14.8 Å². The van der Waals surface area contributed by atoms with Crippen LogP contribution in [-0.4, -0.2) is 27.6 Å². The van der Waals surface area contributed by atoms with Crippen molar-refractivity contribution in [1.82, 2.24) is 0 Å². The number of nitrogens with one attached hydrogen (secondary N) is 1. The number of carboxylic acids is 1. The number of benzene rings is 1. The van der Waals surface area contributed by atoms with E-state index in [0.717, 1.165) is 31.2 Å². The highest BCUT2D eigenvalue weighted by atomic mass is 31.2. The van der Waals surface area contributed by atoms with Crippen molar-refractivity contribution in [2.24, 2.45) is 11.8 Å². The van der Waals surface area contributed by atoms with Crippen LogP contribution in [0.1, 0.15) is 44.1 Å². The van der Waals surface area contributed by atoms with Gasteiger partial charge in [0.25, 0.3) is 0 Å². The molecule has 1 aromatic carbocycles. The molecule has 1 saturated carbocycles. The van der Waals surface area contributed by atoms with E-state index in [1.807, 2.05) is 0 Å². The normalized spacial score (nSPS) is 19.1. The van der Waals surface area contributed by atoms with E-state index >= 15 is 0 Å². The lowest BCUT2D eigenvalue weighted by molar-refractivity contribution is -0.140. The number of rotatable bonds is 8. The number of aliphatic carboxylic acids is 1. The Balaban J connectivity index is 2.00. The highest BCUT2D eigenvalue weighted by molar-refractivity contribution is 7.75. The zero-order valence-corrected chi connectivity index (χ0v) is 15.3. The minimum atomic E-state index is -3.93. The summed E-state index contributed by atoms with van der Waals surface area (Å²) in [4.78, 5) is 21.8. The van der Waals surface area contributed by atoms with Crippen LogP contribution < -0.4 is 5.73 Å². The maximum Gasteiger partial charge on any atom is 0.307 e. The van der Waals surface area contributed by atoms with Gasteiger partial charge in [-0.1, -0.05) is 44.2 Å². The molecule has 1 aliphatic carbocycles. The third-order valence-corrected chi connectivity index (χ3v) is 6.87. The Morgan fingerprint density at radius 1 is 1.24 bits per heavy atom. The van der Waals surface area contributed by atoms with Crippen LogP contribution in [0.2, 0.25) is 0 Å².